The van der Waals surface area contributed by atoms with Gasteiger partial charge in [-0.1, -0.05) is 13.8 Å². The van der Waals surface area contributed by atoms with Crippen LogP contribution in [0.5, 0.6) is 0 Å². The minimum Gasteiger partial charge on any atom is -0.351 e. The van der Waals surface area contributed by atoms with E-state index in [0.29, 0.717) is 12.1 Å². The van der Waals surface area contributed by atoms with Crippen LogP contribution in [0.25, 0.3) is 0 Å². The highest BCUT2D eigenvalue weighted by molar-refractivity contribution is 5.94. The van der Waals surface area contributed by atoms with Crippen molar-refractivity contribution in [1.82, 2.24) is 20.2 Å². The second-order valence-electron chi connectivity index (χ2n) is 5.98. The van der Waals surface area contributed by atoms with Crippen molar-refractivity contribution in [2.24, 2.45) is 11.8 Å². The van der Waals surface area contributed by atoms with Crippen molar-refractivity contribution in [2.75, 3.05) is 26.2 Å². The highest BCUT2D eigenvalue weighted by atomic mass is 16.1. The molecule has 1 amide bonds. The summed E-state index contributed by atoms with van der Waals surface area (Å²) in [5, 5.41) is 2.96. The third kappa shape index (κ3) is 4.00. The molecule has 1 fully saturated rings. The van der Waals surface area contributed by atoms with Gasteiger partial charge < -0.3 is 10.2 Å². The summed E-state index contributed by atoms with van der Waals surface area (Å²) in [6, 6.07) is 0. The molecule has 1 saturated heterocycles. The number of carbonyl (C=O) groups excluding carboxylic acids is 1. The molecule has 2 unspecified atom stereocenters. The maximum atomic E-state index is 12.0. The van der Waals surface area contributed by atoms with Crippen LogP contribution in [0.4, 0.5) is 0 Å². The Hall–Kier alpha value is -1.49. The van der Waals surface area contributed by atoms with Crippen molar-refractivity contribution in [3.05, 3.63) is 23.8 Å². The molecule has 1 aliphatic rings. The molecule has 1 aromatic heterocycles. The Morgan fingerprint density at radius 3 is 2.75 bits per heavy atom. The highest BCUT2D eigenvalue weighted by Gasteiger charge is 2.21. The van der Waals surface area contributed by atoms with Crippen LogP contribution < -0.4 is 5.32 Å². The van der Waals surface area contributed by atoms with Crippen LogP contribution in [0.2, 0.25) is 0 Å². The molecule has 0 saturated carbocycles. The largest absolute Gasteiger partial charge is 0.351 e. The third-order valence-corrected chi connectivity index (χ3v) is 3.81. The van der Waals surface area contributed by atoms with Gasteiger partial charge in [0.2, 0.25) is 0 Å². The molecule has 1 aliphatic heterocycles. The van der Waals surface area contributed by atoms with Crippen LogP contribution in [0, 0.1) is 18.8 Å². The van der Waals surface area contributed by atoms with Gasteiger partial charge in [0.1, 0.15) is 6.33 Å². The van der Waals surface area contributed by atoms with E-state index in [4.69, 9.17) is 0 Å². The summed E-state index contributed by atoms with van der Waals surface area (Å²) in [6.07, 6.45) is 4.34. The summed E-state index contributed by atoms with van der Waals surface area (Å²) >= 11 is 0. The molecule has 2 rings (SSSR count). The number of nitrogens with one attached hydrogen (secondary N) is 1. The lowest BCUT2D eigenvalue weighted by molar-refractivity contribution is 0.0935. The monoisotopic (exact) mass is 276 g/mol. The van der Waals surface area contributed by atoms with Crippen molar-refractivity contribution >= 4 is 5.91 Å². The smallest absolute Gasteiger partial charge is 0.254 e. The van der Waals surface area contributed by atoms with E-state index < -0.39 is 0 Å². The Bertz CT molecular complexity index is 453. The highest BCUT2D eigenvalue weighted by Crippen LogP contribution is 2.20. The zero-order valence-corrected chi connectivity index (χ0v) is 12.6. The average molecular weight is 276 g/mol. The van der Waals surface area contributed by atoms with Gasteiger partial charge in [-0.15, -0.1) is 0 Å². The molecule has 0 aromatic carbocycles. The SMILES string of the molecule is Cc1ncncc1C(=O)NCCN1CC(C)CC(C)C1. The van der Waals surface area contributed by atoms with Crippen LogP contribution in [-0.4, -0.2) is 47.0 Å². The van der Waals surface area contributed by atoms with Gasteiger partial charge in [0, 0.05) is 32.4 Å². The van der Waals surface area contributed by atoms with Gasteiger partial charge in [-0.2, -0.15) is 0 Å². The lowest BCUT2D eigenvalue weighted by Crippen LogP contribution is -2.43. The first-order valence-electron chi connectivity index (χ1n) is 7.33. The molecule has 5 nitrogen and oxygen atoms in total. The molecular formula is C15H24N4O. The Labute approximate surface area is 120 Å². The van der Waals surface area contributed by atoms with E-state index >= 15 is 0 Å². The van der Waals surface area contributed by atoms with Crippen molar-refractivity contribution in [3.63, 3.8) is 0 Å². The van der Waals surface area contributed by atoms with E-state index in [1.165, 1.54) is 12.7 Å². The van der Waals surface area contributed by atoms with Gasteiger partial charge >= 0.3 is 0 Å². The number of nitrogens with zero attached hydrogens (tertiary/aromatic N) is 3. The molecule has 0 aliphatic carbocycles. The molecule has 2 heterocycles. The van der Waals surface area contributed by atoms with Crippen molar-refractivity contribution in [3.8, 4) is 0 Å². The molecule has 20 heavy (non-hydrogen) atoms. The molecule has 5 heteroatoms. The van der Waals surface area contributed by atoms with Crippen molar-refractivity contribution in [2.45, 2.75) is 27.2 Å². The summed E-state index contributed by atoms with van der Waals surface area (Å²) < 4.78 is 0. The fourth-order valence-electron chi connectivity index (χ4n) is 3.01. The van der Waals surface area contributed by atoms with Crippen LogP contribution in [-0.2, 0) is 0 Å². The Balaban J connectivity index is 1.78. The third-order valence-electron chi connectivity index (χ3n) is 3.81. The van der Waals surface area contributed by atoms with E-state index in [1.807, 2.05) is 6.92 Å². The molecule has 2 atom stereocenters. The Morgan fingerprint density at radius 2 is 2.10 bits per heavy atom. The Morgan fingerprint density at radius 1 is 1.40 bits per heavy atom. The summed E-state index contributed by atoms with van der Waals surface area (Å²) in [5.41, 5.74) is 1.28. The van der Waals surface area contributed by atoms with E-state index in [0.717, 1.165) is 37.2 Å². The van der Waals surface area contributed by atoms with Crippen LogP contribution in [0.1, 0.15) is 36.3 Å². The minimum absolute atomic E-state index is 0.0822. The number of carbonyl (C=O) groups is 1. The number of aryl methyl sites for hydroxylation is 1. The maximum Gasteiger partial charge on any atom is 0.254 e. The average Bonchev–Trinajstić information content (AvgIpc) is 2.38. The number of hydrogen-bond donors (Lipinski definition) is 1. The fraction of sp³-hybridized carbons (Fsp3) is 0.667. The molecular weight excluding hydrogens is 252 g/mol. The second-order valence-corrected chi connectivity index (χ2v) is 5.98. The first-order chi connectivity index (χ1) is 9.56. The fourth-order valence-corrected chi connectivity index (χ4v) is 3.01. The lowest BCUT2D eigenvalue weighted by Gasteiger charge is -2.34. The quantitative estimate of drug-likeness (QED) is 0.905. The first-order valence-corrected chi connectivity index (χ1v) is 7.33. The van der Waals surface area contributed by atoms with Gasteiger partial charge in [-0.05, 0) is 25.2 Å². The van der Waals surface area contributed by atoms with Crippen molar-refractivity contribution in [1.29, 1.82) is 0 Å². The van der Waals surface area contributed by atoms with Gasteiger partial charge in [0.25, 0.3) is 5.91 Å². The lowest BCUT2D eigenvalue weighted by atomic mass is 9.92. The van der Waals surface area contributed by atoms with E-state index in [-0.39, 0.29) is 5.91 Å². The van der Waals surface area contributed by atoms with Gasteiger partial charge in [0.15, 0.2) is 0 Å². The molecule has 0 radical (unpaired) electrons. The number of likely N-dealkylation sites (tertiary alicyclic amines) is 1. The Kier molecular flexibility index (Phi) is 5.06. The van der Waals surface area contributed by atoms with E-state index in [9.17, 15) is 4.79 Å². The van der Waals surface area contributed by atoms with Crippen molar-refractivity contribution < 1.29 is 4.79 Å². The topological polar surface area (TPSA) is 58.1 Å². The minimum atomic E-state index is -0.0822. The summed E-state index contributed by atoms with van der Waals surface area (Å²) in [6.45, 7) is 10.3. The van der Waals surface area contributed by atoms with Crippen LogP contribution in [0.15, 0.2) is 12.5 Å². The number of piperidine rings is 1. The second kappa shape index (κ2) is 6.79. The summed E-state index contributed by atoms with van der Waals surface area (Å²) in [5.74, 6) is 1.42. The van der Waals surface area contributed by atoms with Gasteiger partial charge in [0.05, 0.1) is 11.3 Å². The van der Waals surface area contributed by atoms with Crippen LogP contribution in [0.3, 0.4) is 0 Å². The molecule has 110 valence electrons. The molecule has 1 aromatic rings. The number of rotatable bonds is 4. The molecule has 0 bridgehead atoms. The normalized spacial score (nSPS) is 23.6. The zero-order chi connectivity index (χ0) is 14.5. The van der Waals surface area contributed by atoms with Gasteiger partial charge in [-0.25, -0.2) is 9.97 Å². The van der Waals surface area contributed by atoms with E-state index in [1.54, 1.807) is 6.20 Å². The van der Waals surface area contributed by atoms with Crippen LogP contribution >= 0.6 is 0 Å². The summed E-state index contributed by atoms with van der Waals surface area (Å²) in [4.78, 5) is 22.4. The number of amides is 1. The standard InChI is InChI=1S/C15H24N4O/c1-11-6-12(2)9-19(8-11)5-4-17-15(20)14-7-16-10-18-13(14)3/h7,10-12H,4-6,8-9H2,1-3H3,(H,17,20). The first kappa shape index (κ1) is 14.9. The van der Waals surface area contributed by atoms with E-state index in [2.05, 4.69) is 34.0 Å². The zero-order valence-electron chi connectivity index (χ0n) is 12.6. The number of hydrogen-bond acceptors (Lipinski definition) is 4. The summed E-state index contributed by atoms with van der Waals surface area (Å²) in [7, 11) is 0. The number of aromatic nitrogens is 2. The maximum absolute atomic E-state index is 12.0. The predicted octanol–water partition coefficient (Wildman–Crippen LogP) is 1.49. The molecule has 1 N–H and O–H groups in total. The van der Waals surface area contributed by atoms with Gasteiger partial charge in [-0.3, -0.25) is 4.79 Å². The predicted molar refractivity (Wildman–Crippen MR) is 78.5 cm³/mol. The molecule has 0 spiro atoms.